The Hall–Kier alpha value is -2.00. The smallest absolute Gasteiger partial charge is 0.161 e. The fourth-order valence-electron chi connectivity index (χ4n) is 3.59. The molecule has 4 rings (SSSR count). The standard InChI is InChI=1S/C16H15NO2/c18-14-5-4-11-12(16(14)19)6-9-2-1-3-10-7-17-8-13(11)15(9)10/h1-5,13,17-19H,6-8H2/p+1. The molecule has 96 valence electrons. The largest absolute Gasteiger partial charge is 0.504 e. The Bertz CT molecular complexity index is 679. The number of nitrogens with two attached hydrogens (primary N) is 1. The maximum absolute atomic E-state index is 10.1. The molecular weight excluding hydrogens is 238 g/mol. The zero-order valence-electron chi connectivity index (χ0n) is 10.6. The lowest BCUT2D eigenvalue weighted by Crippen LogP contribution is -2.85. The Morgan fingerprint density at radius 1 is 1.05 bits per heavy atom. The summed E-state index contributed by atoms with van der Waals surface area (Å²) in [7, 11) is 0. The van der Waals surface area contributed by atoms with Crippen LogP contribution in [-0.2, 0) is 13.0 Å². The molecule has 2 aromatic rings. The maximum Gasteiger partial charge on any atom is 0.161 e. The summed E-state index contributed by atoms with van der Waals surface area (Å²) in [6.07, 6.45) is 0.717. The van der Waals surface area contributed by atoms with Crippen molar-refractivity contribution >= 4 is 0 Å². The van der Waals surface area contributed by atoms with E-state index in [1.807, 2.05) is 6.07 Å². The molecule has 0 saturated heterocycles. The zero-order valence-corrected chi connectivity index (χ0v) is 10.6. The van der Waals surface area contributed by atoms with Crippen LogP contribution >= 0.6 is 0 Å². The Morgan fingerprint density at radius 2 is 1.89 bits per heavy atom. The minimum atomic E-state index is -0.0156. The highest BCUT2D eigenvalue weighted by Crippen LogP contribution is 2.44. The van der Waals surface area contributed by atoms with Crippen molar-refractivity contribution in [1.82, 2.24) is 0 Å². The Balaban J connectivity index is 1.99. The average molecular weight is 254 g/mol. The molecule has 1 aliphatic carbocycles. The molecule has 2 aliphatic rings. The lowest BCUT2D eigenvalue weighted by Gasteiger charge is -2.32. The van der Waals surface area contributed by atoms with Gasteiger partial charge in [0, 0.05) is 17.5 Å². The Labute approximate surface area is 111 Å². The van der Waals surface area contributed by atoms with Crippen molar-refractivity contribution in [2.45, 2.75) is 18.9 Å². The van der Waals surface area contributed by atoms with Gasteiger partial charge in [-0.1, -0.05) is 24.3 Å². The summed E-state index contributed by atoms with van der Waals surface area (Å²) in [6.45, 7) is 2.06. The predicted molar refractivity (Wildman–Crippen MR) is 71.4 cm³/mol. The molecule has 1 heterocycles. The molecule has 4 N–H and O–H groups in total. The van der Waals surface area contributed by atoms with Gasteiger partial charge in [-0.25, -0.2) is 0 Å². The highest BCUT2D eigenvalue weighted by molar-refractivity contribution is 5.59. The van der Waals surface area contributed by atoms with Crippen LogP contribution in [0, 0.1) is 0 Å². The summed E-state index contributed by atoms with van der Waals surface area (Å²) in [5.41, 5.74) is 6.22. The second kappa shape index (κ2) is 3.75. The number of hydrogen-bond acceptors (Lipinski definition) is 2. The SMILES string of the molecule is Oc1ccc2c(c1O)Cc1cccc3c1C2C[NH2+]C3. The molecule has 0 spiro atoms. The third-order valence-corrected chi connectivity index (χ3v) is 4.44. The van der Waals surface area contributed by atoms with Crippen molar-refractivity contribution in [2.24, 2.45) is 0 Å². The number of benzene rings is 2. The normalized spacial score (nSPS) is 19.7. The molecule has 1 atom stereocenters. The van der Waals surface area contributed by atoms with Crippen LogP contribution in [0.2, 0.25) is 0 Å². The van der Waals surface area contributed by atoms with Crippen molar-refractivity contribution < 1.29 is 15.5 Å². The van der Waals surface area contributed by atoms with Gasteiger partial charge in [0.25, 0.3) is 0 Å². The van der Waals surface area contributed by atoms with Gasteiger partial charge in [0.15, 0.2) is 11.5 Å². The molecule has 3 nitrogen and oxygen atoms in total. The summed E-state index contributed by atoms with van der Waals surface area (Å²) < 4.78 is 0. The van der Waals surface area contributed by atoms with Crippen LogP contribution in [0.1, 0.15) is 33.7 Å². The quantitative estimate of drug-likeness (QED) is 0.619. The van der Waals surface area contributed by atoms with E-state index in [1.54, 1.807) is 6.07 Å². The van der Waals surface area contributed by atoms with Crippen LogP contribution in [-0.4, -0.2) is 16.8 Å². The minimum absolute atomic E-state index is 0.0156. The number of fused-ring (bicyclic) bond motifs is 2. The van der Waals surface area contributed by atoms with Gasteiger partial charge < -0.3 is 15.5 Å². The van der Waals surface area contributed by atoms with E-state index >= 15 is 0 Å². The molecule has 2 aromatic carbocycles. The zero-order chi connectivity index (χ0) is 13.0. The number of rotatable bonds is 0. The molecule has 0 radical (unpaired) electrons. The van der Waals surface area contributed by atoms with Crippen LogP contribution in [0.25, 0.3) is 0 Å². The number of phenols is 2. The molecule has 0 saturated carbocycles. The van der Waals surface area contributed by atoms with Gasteiger partial charge in [-0.05, 0) is 22.8 Å². The summed E-state index contributed by atoms with van der Waals surface area (Å²) in [6, 6.07) is 10.0. The van der Waals surface area contributed by atoms with E-state index in [-0.39, 0.29) is 11.5 Å². The molecular formula is C16H16NO2+. The first-order valence-electron chi connectivity index (χ1n) is 6.71. The monoisotopic (exact) mass is 254 g/mol. The van der Waals surface area contributed by atoms with Crippen molar-refractivity contribution in [3.05, 3.63) is 58.1 Å². The third kappa shape index (κ3) is 1.42. The van der Waals surface area contributed by atoms with E-state index < -0.39 is 0 Å². The Morgan fingerprint density at radius 3 is 2.79 bits per heavy atom. The predicted octanol–water partition coefficient (Wildman–Crippen LogP) is 1.21. The summed E-state index contributed by atoms with van der Waals surface area (Å²) in [4.78, 5) is 0. The number of aromatic hydroxyl groups is 2. The molecule has 19 heavy (non-hydrogen) atoms. The highest BCUT2D eigenvalue weighted by atomic mass is 16.3. The van der Waals surface area contributed by atoms with Crippen LogP contribution < -0.4 is 5.32 Å². The molecule has 0 fully saturated rings. The molecule has 0 bridgehead atoms. The summed E-state index contributed by atoms with van der Waals surface area (Å²) in [5.74, 6) is 0.382. The van der Waals surface area contributed by atoms with E-state index in [9.17, 15) is 10.2 Å². The molecule has 0 amide bonds. The van der Waals surface area contributed by atoms with Crippen LogP contribution in [0.4, 0.5) is 0 Å². The van der Waals surface area contributed by atoms with Crippen molar-refractivity contribution in [3.8, 4) is 11.5 Å². The van der Waals surface area contributed by atoms with Gasteiger partial charge in [0.2, 0.25) is 0 Å². The van der Waals surface area contributed by atoms with Crippen LogP contribution in [0.15, 0.2) is 30.3 Å². The average Bonchev–Trinajstić information content (AvgIpc) is 2.44. The van der Waals surface area contributed by atoms with Crippen molar-refractivity contribution in [1.29, 1.82) is 0 Å². The van der Waals surface area contributed by atoms with Crippen molar-refractivity contribution in [3.63, 3.8) is 0 Å². The summed E-state index contributed by atoms with van der Waals surface area (Å²) in [5, 5.41) is 22.1. The molecule has 1 aliphatic heterocycles. The first-order valence-corrected chi connectivity index (χ1v) is 6.71. The van der Waals surface area contributed by atoms with Crippen LogP contribution in [0.5, 0.6) is 11.5 Å². The fraction of sp³-hybridized carbons (Fsp3) is 0.250. The topological polar surface area (TPSA) is 57.1 Å². The number of hydrogen-bond donors (Lipinski definition) is 3. The molecule has 1 unspecified atom stereocenters. The lowest BCUT2D eigenvalue weighted by atomic mass is 9.74. The van der Waals surface area contributed by atoms with Gasteiger partial charge in [-0.15, -0.1) is 0 Å². The van der Waals surface area contributed by atoms with Gasteiger partial charge in [0.05, 0.1) is 12.5 Å². The van der Waals surface area contributed by atoms with Gasteiger partial charge >= 0.3 is 0 Å². The van der Waals surface area contributed by atoms with E-state index in [1.165, 1.54) is 22.3 Å². The number of phenolic OH excluding ortho intramolecular Hbond substituents is 2. The van der Waals surface area contributed by atoms with Gasteiger partial charge in [-0.2, -0.15) is 0 Å². The molecule has 0 aromatic heterocycles. The first-order chi connectivity index (χ1) is 9.25. The van der Waals surface area contributed by atoms with Crippen molar-refractivity contribution in [2.75, 3.05) is 6.54 Å². The van der Waals surface area contributed by atoms with Crippen LogP contribution in [0.3, 0.4) is 0 Å². The fourth-order valence-corrected chi connectivity index (χ4v) is 3.59. The first kappa shape index (κ1) is 10.9. The molecule has 3 heteroatoms. The van der Waals surface area contributed by atoms with Gasteiger partial charge in [0.1, 0.15) is 6.54 Å². The number of quaternary nitrogens is 1. The van der Waals surface area contributed by atoms with E-state index in [4.69, 9.17) is 0 Å². The highest BCUT2D eigenvalue weighted by Gasteiger charge is 2.33. The third-order valence-electron chi connectivity index (χ3n) is 4.44. The van der Waals surface area contributed by atoms with E-state index in [2.05, 4.69) is 23.5 Å². The summed E-state index contributed by atoms with van der Waals surface area (Å²) >= 11 is 0. The van der Waals surface area contributed by atoms with E-state index in [0.29, 0.717) is 5.92 Å². The van der Waals surface area contributed by atoms with Gasteiger partial charge in [-0.3, -0.25) is 0 Å². The second-order valence-electron chi connectivity index (χ2n) is 5.45. The Kier molecular flexibility index (Phi) is 2.15. The second-order valence-corrected chi connectivity index (χ2v) is 5.45. The lowest BCUT2D eigenvalue weighted by molar-refractivity contribution is -0.675. The minimum Gasteiger partial charge on any atom is -0.504 e. The van der Waals surface area contributed by atoms with E-state index in [0.717, 1.165) is 25.1 Å². The maximum atomic E-state index is 10.1.